The molecule has 2 fully saturated rings. The summed E-state index contributed by atoms with van der Waals surface area (Å²) < 4.78 is 13.4. The number of carbonyl (C=O) groups is 1. The fourth-order valence-corrected chi connectivity index (χ4v) is 2.84. The van der Waals surface area contributed by atoms with Crippen LogP contribution in [-0.4, -0.2) is 29.1 Å². The molecular formula is C13H14FNO2. The van der Waals surface area contributed by atoms with Crippen molar-refractivity contribution < 1.29 is 14.3 Å². The Morgan fingerprint density at radius 3 is 2.76 bits per heavy atom. The number of aliphatic hydroxyl groups excluding tert-OH is 1. The Bertz CT molecular complexity index is 462. The van der Waals surface area contributed by atoms with Gasteiger partial charge in [0.15, 0.2) is 0 Å². The number of hydrogen-bond acceptors (Lipinski definition) is 2. The first-order valence-electron chi connectivity index (χ1n) is 5.85. The Kier molecular flexibility index (Phi) is 2.40. The third kappa shape index (κ3) is 1.63. The maximum Gasteiger partial charge on any atom is 0.226 e. The number of benzene rings is 1. The molecule has 1 aliphatic carbocycles. The predicted molar refractivity (Wildman–Crippen MR) is 59.4 cm³/mol. The molecule has 3 rings (SSSR count). The normalized spacial score (nSPS) is 30.6. The van der Waals surface area contributed by atoms with Crippen LogP contribution < -0.4 is 0 Å². The number of carbonyl (C=O) groups excluding carboxylic acids is 1. The van der Waals surface area contributed by atoms with Crippen molar-refractivity contribution in [2.45, 2.75) is 6.54 Å². The highest BCUT2D eigenvalue weighted by Crippen LogP contribution is 2.52. The van der Waals surface area contributed by atoms with Crippen LogP contribution in [0.4, 0.5) is 4.39 Å². The van der Waals surface area contributed by atoms with E-state index in [1.54, 1.807) is 23.1 Å². The van der Waals surface area contributed by atoms with Crippen LogP contribution in [0.15, 0.2) is 24.3 Å². The first-order valence-corrected chi connectivity index (χ1v) is 5.85. The van der Waals surface area contributed by atoms with Crippen molar-refractivity contribution >= 4 is 5.91 Å². The average molecular weight is 235 g/mol. The first kappa shape index (κ1) is 10.7. The number of aliphatic hydroxyl groups is 1. The van der Waals surface area contributed by atoms with Gasteiger partial charge >= 0.3 is 0 Å². The van der Waals surface area contributed by atoms with Crippen molar-refractivity contribution in [3.05, 3.63) is 35.6 Å². The Hall–Kier alpha value is -1.42. The van der Waals surface area contributed by atoms with E-state index >= 15 is 0 Å². The SMILES string of the molecule is O=C1C2C(CO)C2CN1Cc1ccccc1F. The lowest BCUT2D eigenvalue weighted by Crippen LogP contribution is -2.30. The summed E-state index contributed by atoms with van der Waals surface area (Å²) in [4.78, 5) is 13.6. The summed E-state index contributed by atoms with van der Waals surface area (Å²) in [7, 11) is 0. The number of piperidine rings is 1. The van der Waals surface area contributed by atoms with E-state index in [0.29, 0.717) is 24.6 Å². The van der Waals surface area contributed by atoms with Gasteiger partial charge in [-0.3, -0.25) is 4.79 Å². The molecular weight excluding hydrogens is 221 g/mol. The molecule has 17 heavy (non-hydrogen) atoms. The summed E-state index contributed by atoms with van der Waals surface area (Å²) in [5.74, 6) is 0.238. The smallest absolute Gasteiger partial charge is 0.226 e. The summed E-state index contributed by atoms with van der Waals surface area (Å²) in [6.45, 7) is 1.09. The van der Waals surface area contributed by atoms with E-state index in [-0.39, 0.29) is 30.2 Å². The van der Waals surface area contributed by atoms with E-state index in [0.717, 1.165) is 0 Å². The number of hydrogen-bond donors (Lipinski definition) is 1. The lowest BCUT2D eigenvalue weighted by atomic mass is 10.2. The van der Waals surface area contributed by atoms with Gasteiger partial charge in [0.2, 0.25) is 5.91 Å². The summed E-state index contributed by atoms with van der Waals surface area (Å²) in [5.41, 5.74) is 0.558. The van der Waals surface area contributed by atoms with Crippen LogP contribution in [0.2, 0.25) is 0 Å². The molecule has 1 heterocycles. The summed E-state index contributed by atoms with van der Waals surface area (Å²) >= 11 is 0. The van der Waals surface area contributed by atoms with Crippen LogP contribution in [0.3, 0.4) is 0 Å². The fraction of sp³-hybridized carbons (Fsp3) is 0.462. The fourth-order valence-electron chi connectivity index (χ4n) is 2.84. The first-order chi connectivity index (χ1) is 8.22. The van der Waals surface area contributed by atoms with Gasteiger partial charge in [-0.2, -0.15) is 0 Å². The van der Waals surface area contributed by atoms with Crippen molar-refractivity contribution in [2.75, 3.05) is 13.2 Å². The second kappa shape index (κ2) is 3.81. The quantitative estimate of drug-likeness (QED) is 0.849. The van der Waals surface area contributed by atoms with E-state index in [1.165, 1.54) is 6.07 Å². The molecule has 0 radical (unpaired) electrons. The second-order valence-corrected chi connectivity index (χ2v) is 4.85. The minimum atomic E-state index is -0.264. The Labute approximate surface area is 98.9 Å². The van der Waals surface area contributed by atoms with E-state index in [1.807, 2.05) is 0 Å². The molecule has 0 spiro atoms. The molecule has 0 bridgehead atoms. The average Bonchev–Trinajstić information content (AvgIpc) is 2.94. The number of rotatable bonds is 3. The topological polar surface area (TPSA) is 40.5 Å². The van der Waals surface area contributed by atoms with Crippen LogP contribution >= 0.6 is 0 Å². The molecule has 1 saturated carbocycles. The molecule has 1 N–H and O–H groups in total. The zero-order chi connectivity index (χ0) is 12.0. The van der Waals surface area contributed by atoms with Gasteiger partial charge in [-0.1, -0.05) is 18.2 Å². The van der Waals surface area contributed by atoms with Crippen molar-refractivity contribution in [3.8, 4) is 0 Å². The zero-order valence-corrected chi connectivity index (χ0v) is 9.34. The summed E-state index contributed by atoms with van der Waals surface area (Å²) in [5, 5.41) is 9.02. The molecule has 3 unspecified atom stereocenters. The van der Waals surface area contributed by atoms with E-state index in [9.17, 15) is 9.18 Å². The van der Waals surface area contributed by atoms with Crippen molar-refractivity contribution in [1.29, 1.82) is 0 Å². The van der Waals surface area contributed by atoms with E-state index in [2.05, 4.69) is 0 Å². The Morgan fingerprint density at radius 1 is 1.41 bits per heavy atom. The molecule has 1 aromatic rings. The highest BCUT2D eigenvalue weighted by Gasteiger charge is 2.60. The zero-order valence-electron chi connectivity index (χ0n) is 9.34. The van der Waals surface area contributed by atoms with E-state index in [4.69, 9.17) is 5.11 Å². The van der Waals surface area contributed by atoms with Crippen molar-refractivity contribution in [1.82, 2.24) is 4.90 Å². The Balaban J connectivity index is 1.69. The standard InChI is InChI=1S/C13H14FNO2/c14-11-4-2-1-3-8(11)5-15-6-9-10(7-16)12(9)13(15)17/h1-4,9-10,12,16H,5-7H2. The number of amides is 1. The van der Waals surface area contributed by atoms with Gasteiger partial charge in [0.05, 0.1) is 0 Å². The molecule has 3 nitrogen and oxygen atoms in total. The van der Waals surface area contributed by atoms with Crippen LogP contribution in [0, 0.1) is 23.6 Å². The third-order valence-corrected chi connectivity index (χ3v) is 3.89. The second-order valence-electron chi connectivity index (χ2n) is 4.85. The molecule has 1 amide bonds. The summed E-state index contributed by atoms with van der Waals surface area (Å²) in [6, 6.07) is 6.53. The van der Waals surface area contributed by atoms with Gasteiger partial charge in [0.25, 0.3) is 0 Å². The van der Waals surface area contributed by atoms with Gasteiger partial charge in [-0.05, 0) is 17.9 Å². The molecule has 4 heteroatoms. The number of nitrogens with zero attached hydrogens (tertiary/aromatic N) is 1. The third-order valence-electron chi connectivity index (χ3n) is 3.89. The minimum Gasteiger partial charge on any atom is -0.396 e. The Morgan fingerprint density at radius 2 is 2.18 bits per heavy atom. The molecule has 2 aliphatic rings. The largest absolute Gasteiger partial charge is 0.396 e. The minimum absolute atomic E-state index is 0.00762. The van der Waals surface area contributed by atoms with Crippen molar-refractivity contribution in [2.24, 2.45) is 17.8 Å². The van der Waals surface area contributed by atoms with Gasteiger partial charge in [0, 0.05) is 31.2 Å². The predicted octanol–water partition coefficient (Wildman–Crippen LogP) is 1.02. The lowest BCUT2D eigenvalue weighted by molar-refractivity contribution is -0.131. The van der Waals surface area contributed by atoms with E-state index < -0.39 is 0 Å². The highest BCUT2D eigenvalue weighted by molar-refractivity contribution is 5.85. The van der Waals surface area contributed by atoms with Gasteiger partial charge in [0.1, 0.15) is 5.82 Å². The molecule has 1 aromatic carbocycles. The van der Waals surface area contributed by atoms with Crippen LogP contribution in [0.25, 0.3) is 0 Å². The number of likely N-dealkylation sites (tertiary alicyclic amines) is 1. The maximum atomic E-state index is 13.4. The molecule has 3 atom stereocenters. The molecule has 0 aromatic heterocycles. The van der Waals surface area contributed by atoms with Gasteiger partial charge in [-0.15, -0.1) is 0 Å². The van der Waals surface area contributed by atoms with Crippen LogP contribution in [0.1, 0.15) is 5.56 Å². The number of halogens is 1. The van der Waals surface area contributed by atoms with Crippen LogP contribution in [-0.2, 0) is 11.3 Å². The van der Waals surface area contributed by atoms with Crippen molar-refractivity contribution in [3.63, 3.8) is 0 Å². The maximum absolute atomic E-state index is 13.4. The molecule has 1 saturated heterocycles. The van der Waals surface area contributed by atoms with Gasteiger partial charge < -0.3 is 10.0 Å². The number of fused-ring (bicyclic) bond motifs is 1. The lowest BCUT2D eigenvalue weighted by Gasteiger charge is -2.19. The highest BCUT2D eigenvalue weighted by atomic mass is 19.1. The monoisotopic (exact) mass is 235 g/mol. The van der Waals surface area contributed by atoms with Gasteiger partial charge in [-0.25, -0.2) is 4.39 Å². The molecule has 90 valence electrons. The van der Waals surface area contributed by atoms with Crippen LogP contribution in [0.5, 0.6) is 0 Å². The molecule has 1 aliphatic heterocycles. The summed E-state index contributed by atoms with van der Waals surface area (Å²) in [6.07, 6.45) is 0.